The van der Waals surface area contributed by atoms with Crippen LogP contribution in [0, 0.1) is 5.92 Å². The van der Waals surface area contributed by atoms with Crippen molar-refractivity contribution in [3.8, 4) is 0 Å². The van der Waals surface area contributed by atoms with E-state index in [-0.39, 0.29) is 0 Å². The molecule has 0 aliphatic carbocycles. The molecular weight excluding hydrogens is 178 g/mol. The molecule has 3 heterocycles. The van der Waals surface area contributed by atoms with Crippen molar-refractivity contribution in [2.24, 2.45) is 5.92 Å². The van der Waals surface area contributed by atoms with Crippen LogP contribution in [-0.2, 0) is 4.74 Å². The second-order valence-electron chi connectivity index (χ2n) is 4.07. The molecule has 76 valence electrons. The number of hydrogen-bond acceptors (Lipinski definition) is 3. The molecule has 14 heavy (non-hydrogen) atoms. The van der Waals surface area contributed by atoms with Crippen molar-refractivity contribution < 1.29 is 4.74 Å². The van der Waals surface area contributed by atoms with E-state index in [0.29, 0.717) is 12.0 Å². The average Bonchev–Trinajstić information content (AvgIpc) is 2.88. The Balaban J connectivity index is 1.88. The van der Waals surface area contributed by atoms with Crippen LogP contribution in [0.2, 0.25) is 0 Å². The van der Waals surface area contributed by atoms with E-state index in [9.17, 15) is 0 Å². The van der Waals surface area contributed by atoms with Crippen LogP contribution >= 0.6 is 0 Å². The maximum Gasteiger partial charge on any atom is 0.124 e. The van der Waals surface area contributed by atoms with E-state index in [1.54, 1.807) is 0 Å². The molecule has 4 heteroatoms. The van der Waals surface area contributed by atoms with Crippen molar-refractivity contribution in [2.75, 3.05) is 25.1 Å². The van der Waals surface area contributed by atoms with E-state index in [1.165, 1.54) is 12.8 Å². The van der Waals surface area contributed by atoms with E-state index in [0.717, 1.165) is 25.6 Å². The molecule has 2 aliphatic heterocycles. The van der Waals surface area contributed by atoms with Crippen molar-refractivity contribution in [2.45, 2.75) is 18.9 Å². The Morgan fingerprint density at radius 1 is 1.50 bits per heavy atom. The number of fused-ring (bicyclic) bond motifs is 1. The van der Waals surface area contributed by atoms with Gasteiger partial charge in [0, 0.05) is 25.1 Å². The third-order valence-electron chi connectivity index (χ3n) is 3.24. The van der Waals surface area contributed by atoms with E-state index in [4.69, 9.17) is 4.74 Å². The highest BCUT2D eigenvalue weighted by Gasteiger charge is 2.30. The molecule has 1 aromatic rings. The quantitative estimate of drug-likeness (QED) is 0.730. The summed E-state index contributed by atoms with van der Waals surface area (Å²) in [4.78, 5) is 0. The highest BCUT2D eigenvalue weighted by atomic mass is 16.5. The van der Waals surface area contributed by atoms with Gasteiger partial charge in [0.15, 0.2) is 0 Å². The maximum absolute atomic E-state index is 5.44. The van der Waals surface area contributed by atoms with E-state index in [2.05, 4.69) is 15.1 Å². The number of nitrogens with zero attached hydrogens (tertiary/aromatic N) is 2. The number of hydrogen-bond donors (Lipinski definition) is 1. The Hall–Kier alpha value is -1.03. The fraction of sp³-hybridized carbons (Fsp3) is 0.700. The van der Waals surface area contributed by atoms with Crippen molar-refractivity contribution in [1.82, 2.24) is 9.78 Å². The van der Waals surface area contributed by atoms with Crippen molar-refractivity contribution in [1.29, 1.82) is 0 Å². The molecule has 1 saturated heterocycles. The van der Waals surface area contributed by atoms with E-state index >= 15 is 0 Å². The minimum absolute atomic E-state index is 0.545. The molecular formula is C10H15N3O. The average molecular weight is 193 g/mol. The number of aromatic nitrogens is 2. The summed E-state index contributed by atoms with van der Waals surface area (Å²) in [6, 6.07) is 2.59. The third-order valence-corrected chi connectivity index (χ3v) is 3.24. The lowest BCUT2D eigenvalue weighted by Crippen LogP contribution is -2.29. The monoisotopic (exact) mass is 193 g/mol. The Labute approximate surface area is 83.2 Å². The van der Waals surface area contributed by atoms with Crippen molar-refractivity contribution in [3.05, 3.63) is 12.3 Å². The minimum atomic E-state index is 0.545. The molecule has 4 nitrogen and oxygen atoms in total. The van der Waals surface area contributed by atoms with Gasteiger partial charge in [0.05, 0.1) is 18.8 Å². The van der Waals surface area contributed by atoms with Crippen LogP contribution in [0.15, 0.2) is 12.3 Å². The summed E-state index contributed by atoms with van der Waals surface area (Å²) >= 11 is 0. The number of nitrogens with one attached hydrogen (secondary N) is 1. The smallest absolute Gasteiger partial charge is 0.124 e. The topological polar surface area (TPSA) is 39.1 Å². The maximum atomic E-state index is 5.44. The van der Waals surface area contributed by atoms with Gasteiger partial charge in [-0.2, -0.15) is 5.10 Å². The largest absolute Gasteiger partial charge is 0.381 e. The van der Waals surface area contributed by atoms with Gasteiger partial charge in [-0.15, -0.1) is 0 Å². The molecule has 3 rings (SSSR count). The molecule has 0 saturated carbocycles. The minimum Gasteiger partial charge on any atom is -0.381 e. The summed E-state index contributed by atoms with van der Waals surface area (Å²) in [5, 5.41) is 7.74. The highest BCUT2D eigenvalue weighted by molar-refractivity contribution is 5.36. The van der Waals surface area contributed by atoms with Crippen LogP contribution in [-0.4, -0.2) is 29.5 Å². The fourth-order valence-electron chi connectivity index (χ4n) is 2.48. The standard InChI is InChI=1S/C10H15N3O/c1-4-11-10-2-5-12-13(10)9(1)8-3-6-14-7-8/h2,5,8-9,11H,1,3-4,6-7H2. The molecule has 2 aliphatic rings. The van der Waals surface area contributed by atoms with Gasteiger partial charge >= 0.3 is 0 Å². The number of rotatable bonds is 1. The van der Waals surface area contributed by atoms with E-state index < -0.39 is 0 Å². The second kappa shape index (κ2) is 3.28. The molecule has 2 unspecified atom stereocenters. The van der Waals surface area contributed by atoms with Crippen LogP contribution in [0.5, 0.6) is 0 Å². The zero-order valence-electron chi connectivity index (χ0n) is 8.15. The molecule has 0 spiro atoms. The Morgan fingerprint density at radius 3 is 3.36 bits per heavy atom. The van der Waals surface area contributed by atoms with Gasteiger partial charge in [-0.05, 0) is 12.8 Å². The molecule has 0 aromatic carbocycles. The summed E-state index contributed by atoms with van der Waals surface area (Å²) < 4.78 is 7.57. The Morgan fingerprint density at radius 2 is 2.50 bits per heavy atom. The molecule has 2 atom stereocenters. The lowest BCUT2D eigenvalue weighted by Gasteiger charge is -2.29. The molecule has 1 N–H and O–H groups in total. The Bertz CT molecular complexity index is 317. The fourth-order valence-corrected chi connectivity index (χ4v) is 2.48. The summed E-state index contributed by atoms with van der Waals surface area (Å²) in [6.07, 6.45) is 4.23. The van der Waals surface area contributed by atoms with Crippen molar-refractivity contribution in [3.63, 3.8) is 0 Å². The van der Waals surface area contributed by atoms with Crippen LogP contribution < -0.4 is 5.32 Å². The van der Waals surface area contributed by atoms with Gasteiger partial charge < -0.3 is 10.1 Å². The zero-order valence-corrected chi connectivity index (χ0v) is 8.15. The lowest BCUT2D eigenvalue weighted by molar-refractivity contribution is 0.167. The van der Waals surface area contributed by atoms with Gasteiger partial charge in [-0.25, -0.2) is 4.68 Å². The first-order chi connectivity index (χ1) is 6.95. The van der Waals surface area contributed by atoms with Gasteiger partial charge in [-0.3, -0.25) is 0 Å². The van der Waals surface area contributed by atoms with Crippen LogP contribution in [0.3, 0.4) is 0 Å². The van der Waals surface area contributed by atoms with Gasteiger partial charge in [0.2, 0.25) is 0 Å². The number of ether oxygens (including phenoxy) is 1. The third kappa shape index (κ3) is 1.21. The molecule has 0 bridgehead atoms. The SMILES string of the molecule is c1cc2n(n1)C(C1CCOC1)CCN2. The zero-order chi connectivity index (χ0) is 9.38. The predicted molar refractivity (Wildman–Crippen MR) is 53.3 cm³/mol. The lowest BCUT2D eigenvalue weighted by atomic mass is 9.95. The normalized spacial score (nSPS) is 31.1. The van der Waals surface area contributed by atoms with Crippen LogP contribution in [0.4, 0.5) is 5.82 Å². The van der Waals surface area contributed by atoms with Gasteiger partial charge in [-0.1, -0.05) is 0 Å². The summed E-state index contributed by atoms with van der Waals surface area (Å²) in [7, 11) is 0. The second-order valence-corrected chi connectivity index (χ2v) is 4.07. The highest BCUT2D eigenvalue weighted by Crippen LogP contribution is 2.33. The van der Waals surface area contributed by atoms with Crippen LogP contribution in [0.1, 0.15) is 18.9 Å². The summed E-state index contributed by atoms with van der Waals surface area (Å²) in [6.45, 7) is 2.89. The summed E-state index contributed by atoms with van der Waals surface area (Å²) in [5.74, 6) is 1.82. The summed E-state index contributed by atoms with van der Waals surface area (Å²) in [5.41, 5.74) is 0. The van der Waals surface area contributed by atoms with Crippen LogP contribution in [0.25, 0.3) is 0 Å². The molecule has 0 radical (unpaired) electrons. The van der Waals surface area contributed by atoms with E-state index in [1.807, 2.05) is 12.3 Å². The first-order valence-corrected chi connectivity index (χ1v) is 5.30. The Kier molecular flexibility index (Phi) is 1.94. The van der Waals surface area contributed by atoms with Crippen molar-refractivity contribution >= 4 is 5.82 Å². The molecule has 1 aromatic heterocycles. The van der Waals surface area contributed by atoms with Gasteiger partial charge in [0.1, 0.15) is 5.82 Å². The molecule has 0 amide bonds. The number of anilines is 1. The first-order valence-electron chi connectivity index (χ1n) is 5.30. The molecule has 1 fully saturated rings. The predicted octanol–water partition coefficient (Wildman–Crippen LogP) is 1.28. The first kappa shape index (κ1) is 8.29. The van der Waals surface area contributed by atoms with Gasteiger partial charge in [0.25, 0.3) is 0 Å².